The van der Waals surface area contributed by atoms with Crippen LogP contribution in [0.4, 0.5) is 11.4 Å². The minimum Gasteiger partial charge on any atom is -0.504 e. The number of phenols is 1. The van der Waals surface area contributed by atoms with E-state index in [-0.39, 0.29) is 46.7 Å². The number of imide groups is 2. The zero-order valence-corrected chi connectivity index (χ0v) is 33.8. The molecule has 3 fully saturated rings. The number of hydrogen-bond acceptors (Lipinski definition) is 9. The summed E-state index contributed by atoms with van der Waals surface area (Å²) >= 11 is 12.8. The molecule has 4 amide bonds. The topological polar surface area (TPSA) is 143 Å². The predicted octanol–water partition coefficient (Wildman–Crippen LogP) is 8.14. The molecule has 1 saturated carbocycles. The van der Waals surface area contributed by atoms with Gasteiger partial charge in [-0.3, -0.25) is 34.3 Å². The van der Waals surface area contributed by atoms with Gasteiger partial charge in [0.25, 0.3) is 11.8 Å². The fourth-order valence-electron chi connectivity index (χ4n) is 9.86. The number of rotatable bonds is 9. The number of amides is 4. The summed E-state index contributed by atoms with van der Waals surface area (Å²) in [7, 11) is 2.95. The average molecular weight is 843 g/mol. The third-order valence-electron chi connectivity index (χ3n) is 12.5. The van der Waals surface area contributed by atoms with E-state index < -0.39 is 52.7 Å². The van der Waals surface area contributed by atoms with Gasteiger partial charge >= 0.3 is 0 Å². The van der Waals surface area contributed by atoms with Crippen molar-refractivity contribution in [1.82, 2.24) is 5.01 Å². The lowest BCUT2D eigenvalue weighted by Gasteiger charge is -2.50. The summed E-state index contributed by atoms with van der Waals surface area (Å²) in [4.78, 5) is 74.1. The van der Waals surface area contributed by atoms with Crippen molar-refractivity contribution in [2.24, 2.45) is 23.7 Å². The fourth-order valence-corrected chi connectivity index (χ4v) is 10.3. The molecule has 11 nitrogen and oxygen atoms in total. The highest BCUT2D eigenvalue weighted by Gasteiger charge is 2.70. The molecule has 2 saturated heterocycles. The molecular weight excluding hydrogens is 805 g/mol. The highest BCUT2D eigenvalue weighted by molar-refractivity contribution is 6.36. The van der Waals surface area contributed by atoms with Crippen molar-refractivity contribution in [1.29, 1.82) is 0 Å². The number of anilines is 2. The summed E-state index contributed by atoms with van der Waals surface area (Å²) < 4.78 is 11.0. The number of hydrogen-bond donors (Lipinski definition) is 2. The third kappa shape index (κ3) is 5.97. The average Bonchev–Trinajstić information content (AvgIpc) is 3.65. The van der Waals surface area contributed by atoms with Crippen molar-refractivity contribution in [2.75, 3.05) is 24.5 Å². The summed E-state index contributed by atoms with van der Waals surface area (Å²) in [5.41, 5.74) is 4.71. The molecule has 2 aliphatic heterocycles. The molecule has 13 heteroatoms. The Morgan fingerprint density at radius 1 is 0.783 bits per heavy atom. The molecule has 60 heavy (non-hydrogen) atoms. The molecule has 2 aliphatic carbocycles. The molecule has 2 heterocycles. The number of nitrogens with one attached hydrogen (secondary N) is 1. The van der Waals surface area contributed by atoms with Crippen LogP contribution in [0.3, 0.4) is 0 Å². The summed E-state index contributed by atoms with van der Waals surface area (Å²) in [6.07, 6.45) is 2.19. The first-order valence-corrected chi connectivity index (χ1v) is 20.1. The van der Waals surface area contributed by atoms with Crippen molar-refractivity contribution in [3.63, 3.8) is 0 Å². The van der Waals surface area contributed by atoms with E-state index >= 15 is 9.59 Å². The van der Waals surface area contributed by atoms with Crippen LogP contribution in [0, 0.1) is 23.7 Å². The predicted molar refractivity (Wildman–Crippen MR) is 224 cm³/mol. The molecule has 0 bridgehead atoms. The molecule has 5 aromatic rings. The standard InChI is InChI=1S/C47H37Cl2N3O8/c1-59-31-16-11-28(12-17-31)47-35(44(56)52(46(47)58)50-37-20-13-29(48)23-36(37)49)24-34-32(41(47)27-10-21-38(53)39(22-27)60-2)18-19-33-40(34)45(57)51(43(33)55)30-14-8-26(9-15-30)42(54)25-6-4-3-5-7-25/h3-18,20-23,33-35,40-41,50,53H,19,24H2,1-2H3. The van der Waals surface area contributed by atoms with Gasteiger partial charge in [0.05, 0.1) is 53.8 Å². The van der Waals surface area contributed by atoms with Gasteiger partial charge in [0.2, 0.25) is 11.8 Å². The summed E-state index contributed by atoms with van der Waals surface area (Å²) in [6.45, 7) is 0. The number of halogens is 2. The number of fused-ring (bicyclic) bond motifs is 4. The van der Waals surface area contributed by atoms with Crippen molar-refractivity contribution in [2.45, 2.75) is 24.2 Å². The van der Waals surface area contributed by atoms with E-state index in [0.29, 0.717) is 38.7 Å². The van der Waals surface area contributed by atoms with Gasteiger partial charge in [-0.15, -0.1) is 0 Å². The lowest BCUT2D eigenvalue weighted by atomic mass is 9.49. The van der Waals surface area contributed by atoms with Crippen LogP contribution < -0.4 is 19.8 Å². The largest absolute Gasteiger partial charge is 0.504 e. The van der Waals surface area contributed by atoms with Gasteiger partial charge in [0, 0.05) is 22.1 Å². The van der Waals surface area contributed by atoms with Crippen LogP contribution in [0.25, 0.3) is 0 Å². The number of benzene rings is 5. The molecule has 4 aliphatic rings. The summed E-state index contributed by atoms with van der Waals surface area (Å²) in [6, 6.07) is 31.7. The normalized spacial score (nSPS) is 24.4. The third-order valence-corrected chi connectivity index (χ3v) is 13.1. The van der Waals surface area contributed by atoms with Crippen LogP contribution in [0.15, 0.2) is 127 Å². The second-order valence-electron chi connectivity index (χ2n) is 15.4. The number of methoxy groups -OCH3 is 2. The number of ether oxygens (including phenoxy) is 2. The van der Waals surface area contributed by atoms with E-state index in [1.807, 2.05) is 12.1 Å². The lowest BCUT2D eigenvalue weighted by molar-refractivity contribution is -0.138. The fraction of sp³-hybridized carbons (Fsp3) is 0.213. The first-order valence-electron chi connectivity index (χ1n) is 19.4. The number of phenolic OH excluding ortho intramolecular Hbond substituents is 1. The number of ketones is 1. The highest BCUT2D eigenvalue weighted by Crippen LogP contribution is 2.64. The Hall–Kier alpha value is -6.43. The maximum Gasteiger partial charge on any atom is 0.260 e. The van der Waals surface area contributed by atoms with E-state index in [4.69, 9.17) is 32.7 Å². The van der Waals surface area contributed by atoms with E-state index in [1.165, 1.54) is 31.3 Å². The smallest absolute Gasteiger partial charge is 0.260 e. The van der Waals surface area contributed by atoms with Crippen molar-refractivity contribution >= 4 is 64.0 Å². The van der Waals surface area contributed by atoms with Crippen molar-refractivity contribution in [3.05, 3.63) is 159 Å². The molecule has 0 spiro atoms. The SMILES string of the molecule is COc1ccc(C23C(=O)N(Nc4ccc(Cl)cc4Cl)C(=O)C2CC2C(=CCC4C(=O)N(c5ccc(C(=O)c6ccccc6)cc5)C(=O)C42)C3c2ccc(O)c(OC)c2)cc1. The first-order chi connectivity index (χ1) is 29.0. The van der Waals surface area contributed by atoms with Crippen LogP contribution in [-0.2, 0) is 24.6 Å². The molecule has 9 rings (SSSR count). The molecule has 6 unspecified atom stereocenters. The van der Waals surface area contributed by atoms with Crippen LogP contribution in [0.2, 0.25) is 10.0 Å². The number of aromatic hydroxyl groups is 1. The minimum atomic E-state index is -1.60. The van der Waals surface area contributed by atoms with E-state index in [0.717, 1.165) is 10.6 Å². The molecule has 0 radical (unpaired) electrons. The Morgan fingerprint density at radius 3 is 2.18 bits per heavy atom. The molecule has 5 aromatic carbocycles. The van der Waals surface area contributed by atoms with Crippen LogP contribution in [0.1, 0.15) is 45.8 Å². The van der Waals surface area contributed by atoms with Gasteiger partial charge in [0.15, 0.2) is 17.3 Å². The van der Waals surface area contributed by atoms with Crippen molar-refractivity contribution < 1.29 is 38.6 Å². The Balaban J connectivity index is 1.17. The maximum atomic E-state index is 15.5. The number of allylic oxidation sites excluding steroid dienone is 2. The lowest BCUT2D eigenvalue weighted by Crippen LogP contribution is -2.53. The minimum absolute atomic E-state index is 0.0548. The second-order valence-corrected chi connectivity index (χ2v) is 16.2. The molecule has 2 N–H and O–H groups in total. The Kier molecular flexibility index (Phi) is 9.76. The van der Waals surface area contributed by atoms with Crippen molar-refractivity contribution in [3.8, 4) is 17.2 Å². The summed E-state index contributed by atoms with van der Waals surface area (Å²) in [5, 5.41) is 12.3. The van der Waals surface area contributed by atoms with Gasteiger partial charge in [0.1, 0.15) is 5.75 Å². The Bertz CT molecular complexity index is 2630. The number of carbonyl (C=O) groups is 5. The quantitative estimate of drug-likeness (QED) is 0.0855. The van der Waals surface area contributed by atoms with Crippen LogP contribution in [-0.4, -0.2) is 53.7 Å². The Morgan fingerprint density at radius 2 is 1.50 bits per heavy atom. The molecule has 0 aromatic heterocycles. The Labute approximate surface area is 355 Å². The number of hydrazine groups is 1. The molecule has 302 valence electrons. The number of carbonyl (C=O) groups excluding carboxylic acids is 5. The van der Waals surface area contributed by atoms with E-state index in [9.17, 15) is 19.5 Å². The monoisotopic (exact) mass is 841 g/mol. The van der Waals surface area contributed by atoms with Crippen LogP contribution in [0.5, 0.6) is 17.2 Å². The van der Waals surface area contributed by atoms with E-state index in [2.05, 4.69) is 5.43 Å². The van der Waals surface area contributed by atoms with Gasteiger partial charge < -0.3 is 14.6 Å². The van der Waals surface area contributed by atoms with Gasteiger partial charge in [-0.05, 0) is 96.6 Å². The second kappa shape index (κ2) is 15.0. The zero-order chi connectivity index (χ0) is 42.0. The van der Waals surface area contributed by atoms with Crippen LogP contribution >= 0.6 is 23.2 Å². The zero-order valence-electron chi connectivity index (χ0n) is 32.3. The van der Waals surface area contributed by atoms with Gasteiger partial charge in [-0.25, -0.2) is 0 Å². The van der Waals surface area contributed by atoms with Gasteiger partial charge in [-0.2, -0.15) is 5.01 Å². The summed E-state index contributed by atoms with van der Waals surface area (Å²) in [5.74, 6) is -5.75. The van der Waals surface area contributed by atoms with Gasteiger partial charge in [-0.1, -0.05) is 83.4 Å². The van der Waals surface area contributed by atoms with E-state index in [1.54, 1.807) is 97.1 Å². The first kappa shape index (κ1) is 39.1. The molecule has 6 atom stereocenters. The maximum absolute atomic E-state index is 15.5. The molecular formula is C47H37Cl2N3O8. The highest BCUT2D eigenvalue weighted by atomic mass is 35.5. The number of nitrogens with zero attached hydrogens (tertiary/aromatic N) is 2.